The smallest absolute Gasteiger partial charge is 0.243 e. The SMILES string of the molecule is COCC1(CNS(=O)(=O)c2cnn(Cc3ccccc3)c2)CCNCC1.Cl. The zero-order valence-electron chi connectivity index (χ0n) is 15.4. The molecular weight excluding hydrogens is 388 g/mol. The summed E-state index contributed by atoms with van der Waals surface area (Å²) in [5.74, 6) is 0. The standard InChI is InChI=1S/C18H26N4O3S.ClH/c1-25-15-18(7-9-19-10-8-18)14-21-26(23,24)17-11-20-22(13-17)12-16-5-3-2-4-6-16;/h2-6,11,13,19,21H,7-10,12,14-15H2,1H3;1H. The monoisotopic (exact) mass is 414 g/mol. The molecule has 2 heterocycles. The normalized spacial score (nSPS) is 16.6. The van der Waals surface area contributed by atoms with Crippen molar-refractivity contribution in [1.82, 2.24) is 19.8 Å². The summed E-state index contributed by atoms with van der Waals surface area (Å²) in [4.78, 5) is 0.190. The van der Waals surface area contributed by atoms with Crippen LogP contribution in [0.15, 0.2) is 47.6 Å². The third-order valence-electron chi connectivity index (χ3n) is 4.86. The first kappa shape index (κ1) is 21.8. The number of hydrogen-bond donors (Lipinski definition) is 2. The highest BCUT2D eigenvalue weighted by molar-refractivity contribution is 7.89. The van der Waals surface area contributed by atoms with Crippen molar-refractivity contribution >= 4 is 22.4 Å². The Morgan fingerprint density at radius 1 is 1.26 bits per heavy atom. The van der Waals surface area contributed by atoms with E-state index in [9.17, 15) is 8.42 Å². The average Bonchev–Trinajstić information content (AvgIpc) is 3.12. The van der Waals surface area contributed by atoms with Crippen molar-refractivity contribution in [2.45, 2.75) is 24.3 Å². The number of aromatic nitrogens is 2. The van der Waals surface area contributed by atoms with Crippen LogP contribution in [0, 0.1) is 5.41 Å². The first-order valence-corrected chi connectivity index (χ1v) is 10.3. The van der Waals surface area contributed by atoms with Gasteiger partial charge in [0.2, 0.25) is 10.0 Å². The van der Waals surface area contributed by atoms with Crippen molar-refractivity contribution < 1.29 is 13.2 Å². The second-order valence-electron chi connectivity index (χ2n) is 6.87. The van der Waals surface area contributed by atoms with Crippen LogP contribution in [-0.4, -0.2) is 51.5 Å². The van der Waals surface area contributed by atoms with E-state index in [1.165, 1.54) is 6.20 Å². The predicted molar refractivity (Wildman–Crippen MR) is 107 cm³/mol. The van der Waals surface area contributed by atoms with Gasteiger partial charge in [0.15, 0.2) is 0 Å². The number of methoxy groups -OCH3 is 1. The van der Waals surface area contributed by atoms with Crippen LogP contribution in [0.1, 0.15) is 18.4 Å². The lowest BCUT2D eigenvalue weighted by Gasteiger charge is -2.37. The molecule has 1 fully saturated rings. The minimum absolute atomic E-state index is 0. The van der Waals surface area contributed by atoms with Gasteiger partial charge in [-0.3, -0.25) is 4.68 Å². The maximum atomic E-state index is 12.7. The van der Waals surface area contributed by atoms with Gasteiger partial charge in [-0.15, -0.1) is 12.4 Å². The van der Waals surface area contributed by atoms with Gasteiger partial charge in [-0.2, -0.15) is 5.10 Å². The van der Waals surface area contributed by atoms with E-state index in [1.54, 1.807) is 18.0 Å². The summed E-state index contributed by atoms with van der Waals surface area (Å²) in [7, 11) is -1.94. The van der Waals surface area contributed by atoms with Gasteiger partial charge < -0.3 is 10.1 Å². The molecule has 1 aromatic carbocycles. The topological polar surface area (TPSA) is 85.2 Å². The number of nitrogens with zero attached hydrogens (tertiary/aromatic N) is 2. The second kappa shape index (κ2) is 9.66. The largest absolute Gasteiger partial charge is 0.384 e. The maximum absolute atomic E-state index is 12.7. The lowest BCUT2D eigenvalue weighted by molar-refractivity contribution is 0.0577. The number of halogens is 1. The first-order valence-electron chi connectivity index (χ1n) is 8.79. The number of sulfonamides is 1. The van der Waals surface area contributed by atoms with E-state index in [4.69, 9.17) is 4.74 Å². The Morgan fingerprint density at radius 2 is 1.96 bits per heavy atom. The molecule has 0 atom stereocenters. The summed E-state index contributed by atoms with van der Waals surface area (Å²) in [5, 5.41) is 7.50. The lowest BCUT2D eigenvalue weighted by atomic mass is 9.80. The Hall–Kier alpha value is -1.45. The molecule has 2 N–H and O–H groups in total. The molecule has 27 heavy (non-hydrogen) atoms. The van der Waals surface area contributed by atoms with Crippen molar-refractivity contribution in [2.75, 3.05) is 33.4 Å². The molecule has 0 unspecified atom stereocenters. The van der Waals surface area contributed by atoms with E-state index < -0.39 is 10.0 Å². The number of nitrogens with one attached hydrogen (secondary N) is 2. The van der Waals surface area contributed by atoms with Gasteiger partial charge in [0.1, 0.15) is 4.90 Å². The summed E-state index contributed by atoms with van der Waals surface area (Å²) in [6, 6.07) is 9.82. The van der Waals surface area contributed by atoms with Crippen LogP contribution in [0.4, 0.5) is 0 Å². The van der Waals surface area contributed by atoms with Crippen LogP contribution in [0.3, 0.4) is 0 Å². The number of piperidine rings is 1. The van der Waals surface area contributed by atoms with Crippen molar-refractivity contribution in [3.8, 4) is 0 Å². The van der Waals surface area contributed by atoms with Crippen molar-refractivity contribution in [1.29, 1.82) is 0 Å². The fourth-order valence-electron chi connectivity index (χ4n) is 3.31. The van der Waals surface area contributed by atoms with E-state index in [0.29, 0.717) is 19.7 Å². The van der Waals surface area contributed by atoms with Crippen LogP contribution in [0.25, 0.3) is 0 Å². The molecule has 7 nitrogen and oxygen atoms in total. The fraction of sp³-hybridized carbons (Fsp3) is 0.500. The number of rotatable bonds is 8. The van der Waals surface area contributed by atoms with Crippen molar-refractivity contribution in [3.63, 3.8) is 0 Å². The summed E-state index contributed by atoms with van der Waals surface area (Å²) in [6.07, 6.45) is 4.74. The Bertz CT molecular complexity index is 800. The van der Waals surface area contributed by atoms with Crippen LogP contribution in [-0.2, 0) is 21.3 Å². The summed E-state index contributed by atoms with van der Waals surface area (Å²) >= 11 is 0. The van der Waals surface area contributed by atoms with E-state index in [-0.39, 0.29) is 22.7 Å². The van der Waals surface area contributed by atoms with Gasteiger partial charge in [-0.25, -0.2) is 13.1 Å². The molecule has 1 aliphatic rings. The van der Waals surface area contributed by atoms with E-state index in [1.807, 2.05) is 30.3 Å². The maximum Gasteiger partial charge on any atom is 0.243 e. The summed E-state index contributed by atoms with van der Waals surface area (Å²) < 4.78 is 35.1. The quantitative estimate of drug-likeness (QED) is 0.686. The minimum Gasteiger partial charge on any atom is -0.384 e. The first-order chi connectivity index (χ1) is 12.5. The Kier molecular flexibility index (Phi) is 7.81. The third kappa shape index (κ3) is 5.76. The van der Waals surface area contributed by atoms with Crippen LogP contribution in [0.5, 0.6) is 0 Å². The molecule has 9 heteroatoms. The van der Waals surface area contributed by atoms with Gasteiger partial charge >= 0.3 is 0 Å². The molecule has 1 saturated heterocycles. The molecule has 0 amide bonds. The second-order valence-corrected chi connectivity index (χ2v) is 8.63. The molecule has 0 saturated carbocycles. The third-order valence-corrected chi connectivity index (χ3v) is 6.21. The molecule has 0 radical (unpaired) electrons. The Morgan fingerprint density at radius 3 is 2.63 bits per heavy atom. The molecule has 3 rings (SSSR count). The zero-order chi connectivity index (χ0) is 18.5. The van der Waals surface area contributed by atoms with Gasteiger partial charge in [0.25, 0.3) is 0 Å². The lowest BCUT2D eigenvalue weighted by Crippen LogP contribution is -2.47. The summed E-state index contributed by atoms with van der Waals surface area (Å²) in [6.45, 7) is 3.20. The minimum atomic E-state index is -3.60. The van der Waals surface area contributed by atoms with E-state index in [2.05, 4.69) is 15.1 Å². The highest BCUT2D eigenvalue weighted by Crippen LogP contribution is 2.28. The summed E-state index contributed by atoms with van der Waals surface area (Å²) in [5.41, 5.74) is 0.911. The number of ether oxygens (including phenoxy) is 1. The molecule has 0 spiro atoms. The van der Waals surface area contributed by atoms with E-state index >= 15 is 0 Å². The predicted octanol–water partition coefficient (Wildman–Crippen LogP) is 1.65. The average molecular weight is 415 g/mol. The molecule has 1 aliphatic heterocycles. The Balaban J connectivity index is 0.00000261. The fourth-order valence-corrected chi connectivity index (χ4v) is 4.42. The van der Waals surface area contributed by atoms with Crippen molar-refractivity contribution in [3.05, 3.63) is 48.3 Å². The Labute approximate surface area is 167 Å². The van der Waals surface area contributed by atoms with Crippen LogP contribution in [0.2, 0.25) is 0 Å². The highest BCUT2D eigenvalue weighted by atomic mass is 35.5. The van der Waals surface area contributed by atoms with Gasteiger partial charge in [-0.05, 0) is 31.5 Å². The zero-order valence-corrected chi connectivity index (χ0v) is 17.1. The molecule has 150 valence electrons. The highest BCUT2D eigenvalue weighted by Gasteiger charge is 2.33. The molecular formula is C18H27ClN4O3S. The molecule has 0 aliphatic carbocycles. The van der Waals surface area contributed by atoms with Crippen molar-refractivity contribution in [2.24, 2.45) is 5.41 Å². The van der Waals surface area contributed by atoms with Gasteiger partial charge in [0.05, 0.1) is 19.3 Å². The van der Waals surface area contributed by atoms with Gasteiger partial charge in [-0.1, -0.05) is 30.3 Å². The number of hydrogen-bond acceptors (Lipinski definition) is 5. The van der Waals surface area contributed by atoms with Crippen LogP contribution < -0.4 is 10.0 Å². The van der Waals surface area contributed by atoms with Gasteiger partial charge in [0, 0.05) is 25.3 Å². The number of benzene rings is 1. The molecule has 2 aromatic rings. The molecule has 1 aromatic heterocycles. The van der Waals surface area contributed by atoms with Crippen LogP contribution >= 0.6 is 12.4 Å². The van der Waals surface area contributed by atoms with E-state index in [0.717, 1.165) is 31.5 Å². The molecule has 0 bridgehead atoms.